The Balaban J connectivity index is 2.74. The summed E-state index contributed by atoms with van der Waals surface area (Å²) in [6, 6.07) is 4.25. The summed E-state index contributed by atoms with van der Waals surface area (Å²) in [4.78, 5) is 0. The van der Waals surface area contributed by atoms with Gasteiger partial charge < -0.3 is 10.5 Å². The fraction of sp³-hybridized carbons (Fsp3) is 0.500. The monoisotopic (exact) mass is 265 g/mol. The number of rotatable bonds is 5. The van der Waals surface area contributed by atoms with Gasteiger partial charge in [-0.15, -0.1) is 13.2 Å². The molecular formula is C12H15F4NO. The van der Waals surface area contributed by atoms with Crippen LogP contribution in [0.3, 0.4) is 0 Å². The van der Waals surface area contributed by atoms with E-state index in [0.29, 0.717) is 17.5 Å². The van der Waals surface area contributed by atoms with Gasteiger partial charge >= 0.3 is 6.36 Å². The van der Waals surface area contributed by atoms with E-state index in [0.717, 1.165) is 0 Å². The first kappa shape index (κ1) is 14.8. The molecule has 0 aliphatic rings. The molecule has 1 aromatic rings. The molecule has 102 valence electrons. The fourth-order valence-corrected chi connectivity index (χ4v) is 1.60. The number of halogens is 4. The Labute approximate surface area is 103 Å². The molecule has 2 N–H and O–H groups in total. The molecule has 0 saturated carbocycles. The molecule has 2 nitrogen and oxygen atoms in total. The number of aryl methyl sites for hydroxylation is 2. The Bertz CT molecular complexity index is 392. The maximum Gasteiger partial charge on any atom is 0.573 e. The van der Waals surface area contributed by atoms with Crippen LogP contribution in [0.15, 0.2) is 18.2 Å². The number of hydrogen-bond donors (Lipinski definition) is 1. The van der Waals surface area contributed by atoms with Crippen molar-refractivity contribution in [1.29, 1.82) is 0 Å². The Morgan fingerprint density at radius 1 is 1.28 bits per heavy atom. The van der Waals surface area contributed by atoms with E-state index in [1.807, 2.05) is 0 Å². The lowest BCUT2D eigenvalue weighted by atomic mass is 10.0. The molecule has 0 bridgehead atoms. The fourth-order valence-electron chi connectivity index (χ4n) is 1.60. The van der Waals surface area contributed by atoms with Crippen molar-refractivity contribution in [3.8, 4) is 5.75 Å². The molecule has 0 spiro atoms. The van der Waals surface area contributed by atoms with E-state index in [1.165, 1.54) is 12.1 Å². The second-order valence-corrected chi connectivity index (χ2v) is 4.07. The van der Waals surface area contributed by atoms with Gasteiger partial charge in [0, 0.05) is 6.54 Å². The lowest BCUT2D eigenvalue weighted by Gasteiger charge is -2.12. The topological polar surface area (TPSA) is 35.2 Å². The largest absolute Gasteiger partial charge is 0.573 e. The van der Waals surface area contributed by atoms with E-state index in [9.17, 15) is 17.6 Å². The Hall–Kier alpha value is -1.30. The van der Waals surface area contributed by atoms with E-state index in [2.05, 4.69) is 4.74 Å². The molecule has 18 heavy (non-hydrogen) atoms. The minimum atomic E-state index is -4.72. The normalized spacial score (nSPS) is 13.4. The average Bonchev–Trinajstić information content (AvgIpc) is 2.22. The smallest absolute Gasteiger partial charge is 0.406 e. The molecule has 6 heteroatoms. The number of ether oxygens (including phenoxy) is 1. The summed E-state index contributed by atoms with van der Waals surface area (Å²) in [5.41, 5.74) is 6.37. The van der Waals surface area contributed by atoms with Gasteiger partial charge in [0.2, 0.25) is 0 Å². The second kappa shape index (κ2) is 6.04. The van der Waals surface area contributed by atoms with Crippen LogP contribution in [-0.4, -0.2) is 19.1 Å². The highest BCUT2D eigenvalue weighted by atomic mass is 19.4. The summed E-state index contributed by atoms with van der Waals surface area (Å²) < 4.78 is 53.0. The van der Waals surface area contributed by atoms with Crippen molar-refractivity contribution in [3.63, 3.8) is 0 Å². The van der Waals surface area contributed by atoms with Crippen LogP contribution in [0.1, 0.15) is 17.5 Å². The SMILES string of the molecule is Cc1cc(CC[C@@H](F)CN)cc(OC(F)(F)F)c1. The first-order chi connectivity index (χ1) is 8.30. The molecule has 0 aliphatic carbocycles. The molecule has 0 heterocycles. The number of benzene rings is 1. The maximum absolute atomic E-state index is 13.0. The van der Waals surface area contributed by atoms with Gasteiger partial charge in [-0.3, -0.25) is 0 Å². The third-order valence-electron chi connectivity index (χ3n) is 2.35. The second-order valence-electron chi connectivity index (χ2n) is 4.07. The zero-order valence-corrected chi connectivity index (χ0v) is 9.93. The zero-order valence-electron chi connectivity index (χ0n) is 9.93. The van der Waals surface area contributed by atoms with Crippen LogP contribution < -0.4 is 10.5 Å². The predicted octanol–water partition coefficient (Wildman–Crippen LogP) is 3.12. The third-order valence-corrected chi connectivity index (χ3v) is 2.35. The molecule has 0 unspecified atom stereocenters. The number of alkyl halides is 4. The van der Waals surface area contributed by atoms with Crippen LogP contribution >= 0.6 is 0 Å². The molecule has 0 radical (unpaired) electrons. The van der Waals surface area contributed by atoms with Crippen molar-refractivity contribution in [3.05, 3.63) is 29.3 Å². The van der Waals surface area contributed by atoms with Gasteiger partial charge in [0.05, 0.1) is 0 Å². The van der Waals surface area contributed by atoms with Crippen LogP contribution in [0.25, 0.3) is 0 Å². The predicted molar refractivity (Wildman–Crippen MR) is 60.1 cm³/mol. The van der Waals surface area contributed by atoms with Crippen LogP contribution in [0.2, 0.25) is 0 Å². The quantitative estimate of drug-likeness (QED) is 0.830. The molecule has 0 aromatic heterocycles. The van der Waals surface area contributed by atoms with Crippen molar-refractivity contribution in [1.82, 2.24) is 0 Å². The van der Waals surface area contributed by atoms with Crippen LogP contribution in [0.5, 0.6) is 5.75 Å². The van der Waals surface area contributed by atoms with E-state index in [1.54, 1.807) is 13.0 Å². The van der Waals surface area contributed by atoms with Gasteiger partial charge in [-0.25, -0.2) is 4.39 Å². The standard InChI is InChI=1S/C12H15F4NO/c1-8-4-9(2-3-10(13)7-17)6-11(5-8)18-12(14,15)16/h4-6,10H,2-3,7,17H2,1H3/t10-/m1/s1. The summed E-state index contributed by atoms with van der Waals surface area (Å²) in [5.74, 6) is -0.277. The van der Waals surface area contributed by atoms with E-state index in [4.69, 9.17) is 5.73 Å². The van der Waals surface area contributed by atoms with Gasteiger partial charge in [0.15, 0.2) is 0 Å². The van der Waals surface area contributed by atoms with Gasteiger partial charge in [-0.1, -0.05) is 6.07 Å². The Kier molecular flexibility index (Phi) is 4.95. The van der Waals surface area contributed by atoms with Crippen LogP contribution in [-0.2, 0) is 6.42 Å². The highest BCUT2D eigenvalue weighted by Crippen LogP contribution is 2.25. The van der Waals surface area contributed by atoms with Crippen molar-refractivity contribution in [2.45, 2.75) is 32.3 Å². The van der Waals surface area contributed by atoms with Crippen molar-refractivity contribution in [2.24, 2.45) is 5.73 Å². The van der Waals surface area contributed by atoms with E-state index < -0.39 is 12.5 Å². The van der Waals surface area contributed by atoms with Crippen LogP contribution in [0.4, 0.5) is 17.6 Å². The summed E-state index contributed by atoms with van der Waals surface area (Å²) >= 11 is 0. The molecule has 0 aliphatic heterocycles. The lowest BCUT2D eigenvalue weighted by molar-refractivity contribution is -0.274. The molecule has 0 fully saturated rings. The first-order valence-electron chi connectivity index (χ1n) is 5.50. The minimum Gasteiger partial charge on any atom is -0.406 e. The third kappa shape index (κ3) is 5.35. The Morgan fingerprint density at radius 3 is 2.50 bits per heavy atom. The molecule has 1 atom stereocenters. The van der Waals surface area contributed by atoms with Gasteiger partial charge in [-0.2, -0.15) is 0 Å². The first-order valence-corrected chi connectivity index (χ1v) is 5.50. The molecule has 1 rings (SSSR count). The minimum absolute atomic E-state index is 0.0856. The van der Waals surface area contributed by atoms with Crippen molar-refractivity contribution < 1.29 is 22.3 Å². The highest BCUT2D eigenvalue weighted by molar-refractivity contribution is 5.34. The summed E-state index contributed by atoms with van der Waals surface area (Å²) in [5, 5.41) is 0. The molecule has 0 saturated heterocycles. The summed E-state index contributed by atoms with van der Waals surface area (Å²) in [7, 11) is 0. The van der Waals surface area contributed by atoms with E-state index in [-0.39, 0.29) is 18.7 Å². The van der Waals surface area contributed by atoms with Crippen molar-refractivity contribution >= 4 is 0 Å². The summed E-state index contributed by atoms with van der Waals surface area (Å²) in [6.45, 7) is 1.57. The number of nitrogens with two attached hydrogens (primary N) is 1. The van der Waals surface area contributed by atoms with E-state index >= 15 is 0 Å². The summed E-state index contributed by atoms with van der Waals surface area (Å²) in [6.07, 6.45) is -5.34. The van der Waals surface area contributed by atoms with Gasteiger partial charge in [-0.05, 0) is 43.0 Å². The maximum atomic E-state index is 13.0. The van der Waals surface area contributed by atoms with Crippen LogP contribution in [0, 0.1) is 6.92 Å². The van der Waals surface area contributed by atoms with Gasteiger partial charge in [0.1, 0.15) is 11.9 Å². The van der Waals surface area contributed by atoms with Crippen molar-refractivity contribution in [2.75, 3.05) is 6.54 Å². The number of hydrogen-bond acceptors (Lipinski definition) is 2. The zero-order chi connectivity index (χ0) is 13.8. The Morgan fingerprint density at radius 2 is 1.94 bits per heavy atom. The lowest BCUT2D eigenvalue weighted by Crippen LogP contribution is -2.17. The molecule has 1 aromatic carbocycles. The molecule has 0 amide bonds. The van der Waals surface area contributed by atoms with Gasteiger partial charge in [0.25, 0.3) is 0 Å². The average molecular weight is 265 g/mol. The highest BCUT2D eigenvalue weighted by Gasteiger charge is 2.31. The molecular weight excluding hydrogens is 250 g/mol.